The lowest BCUT2D eigenvalue weighted by molar-refractivity contribution is -0.127. The van der Waals surface area contributed by atoms with Gasteiger partial charge < -0.3 is 5.32 Å². The van der Waals surface area contributed by atoms with Gasteiger partial charge in [0.25, 0.3) is 0 Å². The smallest absolute Gasteiger partial charge is 0.231 e. The van der Waals surface area contributed by atoms with Gasteiger partial charge in [-0.1, -0.05) is 79.9 Å². The van der Waals surface area contributed by atoms with Crippen molar-refractivity contribution in [1.29, 1.82) is 0 Å². The minimum absolute atomic E-state index is 0.0827. The average molecular weight is 321 g/mol. The standard InChI is InChI=1S/C22H27NO/c1-3-20(18-13-11-17(2)12-14-18)23-21(24)22(15-7-8-16-22)19-9-5-4-6-10-19/h4-6,9-14,20H,3,7-8,15-16H2,1-2H3,(H,23,24)/t20-/m1/s1. The van der Waals surface area contributed by atoms with E-state index in [1.807, 2.05) is 18.2 Å². The van der Waals surface area contributed by atoms with E-state index in [9.17, 15) is 4.79 Å². The van der Waals surface area contributed by atoms with Gasteiger partial charge in [0, 0.05) is 0 Å². The van der Waals surface area contributed by atoms with Gasteiger partial charge in [0.1, 0.15) is 0 Å². The molecule has 0 heterocycles. The van der Waals surface area contributed by atoms with E-state index in [2.05, 4.69) is 55.6 Å². The first-order chi connectivity index (χ1) is 11.7. The molecule has 0 unspecified atom stereocenters. The quantitative estimate of drug-likeness (QED) is 0.818. The maximum atomic E-state index is 13.3. The maximum absolute atomic E-state index is 13.3. The average Bonchev–Trinajstić information content (AvgIpc) is 3.12. The van der Waals surface area contributed by atoms with Crippen molar-refractivity contribution in [3.05, 3.63) is 71.3 Å². The zero-order chi connectivity index (χ0) is 17.0. The van der Waals surface area contributed by atoms with Crippen molar-refractivity contribution >= 4 is 5.91 Å². The van der Waals surface area contributed by atoms with Crippen molar-refractivity contribution in [3.63, 3.8) is 0 Å². The van der Waals surface area contributed by atoms with Gasteiger partial charge in [0.05, 0.1) is 11.5 Å². The molecule has 2 aromatic carbocycles. The molecule has 0 aliphatic heterocycles. The topological polar surface area (TPSA) is 29.1 Å². The minimum Gasteiger partial charge on any atom is -0.349 e. The van der Waals surface area contributed by atoms with Gasteiger partial charge in [0.15, 0.2) is 0 Å². The third-order valence-corrected chi connectivity index (χ3v) is 5.41. The third-order valence-electron chi connectivity index (χ3n) is 5.41. The van der Waals surface area contributed by atoms with Gasteiger partial charge in [-0.05, 0) is 37.3 Å². The minimum atomic E-state index is -0.348. The van der Waals surface area contributed by atoms with Gasteiger partial charge >= 0.3 is 0 Å². The SMILES string of the molecule is CC[C@@H](NC(=O)C1(c2ccccc2)CCCC1)c1ccc(C)cc1. The maximum Gasteiger partial charge on any atom is 0.231 e. The molecule has 126 valence electrons. The number of aryl methyl sites for hydroxylation is 1. The van der Waals surface area contributed by atoms with Crippen LogP contribution in [0.3, 0.4) is 0 Å². The van der Waals surface area contributed by atoms with E-state index in [4.69, 9.17) is 0 Å². The fraction of sp³-hybridized carbons (Fsp3) is 0.409. The lowest BCUT2D eigenvalue weighted by Crippen LogP contribution is -2.44. The lowest BCUT2D eigenvalue weighted by Gasteiger charge is -2.31. The summed E-state index contributed by atoms with van der Waals surface area (Å²) in [6.07, 6.45) is 5.06. The highest BCUT2D eigenvalue weighted by atomic mass is 16.2. The molecule has 2 heteroatoms. The predicted octanol–water partition coefficient (Wildman–Crippen LogP) is 5.07. The largest absolute Gasteiger partial charge is 0.349 e. The van der Waals surface area contributed by atoms with E-state index < -0.39 is 0 Å². The molecule has 1 saturated carbocycles. The Bertz CT molecular complexity index is 669. The summed E-state index contributed by atoms with van der Waals surface area (Å²) in [4.78, 5) is 13.3. The second kappa shape index (κ2) is 7.21. The molecule has 2 nitrogen and oxygen atoms in total. The van der Waals surface area contributed by atoms with Gasteiger partial charge in [-0.25, -0.2) is 0 Å². The second-order valence-corrected chi connectivity index (χ2v) is 7.00. The first kappa shape index (κ1) is 16.8. The zero-order valence-corrected chi connectivity index (χ0v) is 14.7. The summed E-state index contributed by atoms with van der Waals surface area (Å²) >= 11 is 0. The van der Waals surface area contributed by atoms with Crippen LogP contribution < -0.4 is 5.32 Å². The summed E-state index contributed by atoms with van der Waals surface area (Å²) in [5, 5.41) is 3.34. The summed E-state index contributed by atoms with van der Waals surface area (Å²) in [5.41, 5.74) is 3.26. The van der Waals surface area contributed by atoms with Crippen molar-refractivity contribution in [1.82, 2.24) is 5.32 Å². The molecule has 0 aromatic heterocycles. The Morgan fingerprint density at radius 3 is 2.25 bits per heavy atom. The lowest BCUT2D eigenvalue weighted by atomic mass is 9.77. The number of hydrogen-bond donors (Lipinski definition) is 1. The van der Waals surface area contributed by atoms with E-state index in [1.54, 1.807) is 0 Å². The molecule has 0 spiro atoms. The van der Waals surface area contributed by atoms with E-state index >= 15 is 0 Å². The van der Waals surface area contributed by atoms with Crippen LogP contribution in [0, 0.1) is 6.92 Å². The second-order valence-electron chi connectivity index (χ2n) is 7.00. The summed E-state index contributed by atoms with van der Waals surface area (Å²) in [7, 11) is 0. The Balaban J connectivity index is 1.84. The van der Waals surface area contributed by atoms with Crippen LogP contribution in [0.2, 0.25) is 0 Å². The highest BCUT2D eigenvalue weighted by molar-refractivity contribution is 5.89. The van der Waals surface area contributed by atoms with Crippen molar-refractivity contribution in [2.75, 3.05) is 0 Å². The van der Waals surface area contributed by atoms with Crippen LogP contribution in [0.5, 0.6) is 0 Å². The van der Waals surface area contributed by atoms with Gasteiger partial charge in [-0.15, -0.1) is 0 Å². The molecule has 1 atom stereocenters. The number of nitrogens with one attached hydrogen (secondary N) is 1. The van der Waals surface area contributed by atoms with Crippen LogP contribution in [0.1, 0.15) is 61.8 Å². The molecule has 0 radical (unpaired) electrons. The van der Waals surface area contributed by atoms with Crippen LogP contribution in [0.4, 0.5) is 0 Å². The van der Waals surface area contributed by atoms with E-state index in [-0.39, 0.29) is 17.4 Å². The molecule has 0 bridgehead atoms. The van der Waals surface area contributed by atoms with Crippen molar-refractivity contribution in [3.8, 4) is 0 Å². The van der Waals surface area contributed by atoms with Crippen molar-refractivity contribution in [2.24, 2.45) is 0 Å². The number of benzene rings is 2. The summed E-state index contributed by atoms with van der Waals surface area (Å²) < 4.78 is 0. The summed E-state index contributed by atoms with van der Waals surface area (Å²) in [6, 6.07) is 18.9. The number of rotatable bonds is 5. The van der Waals surface area contributed by atoms with Crippen LogP contribution >= 0.6 is 0 Å². The molecular formula is C22H27NO. The van der Waals surface area contributed by atoms with Crippen LogP contribution in [0.25, 0.3) is 0 Å². The molecule has 1 aliphatic rings. The van der Waals surface area contributed by atoms with E-state index in [0.29, 0.717) is 0 Å². The fourth-order valence-electron chi connectivity index (χ4n) is 3.90. The van der Waals surface area contributed by atoms with E-state index in [0.717, 1.165) is 32.1 Å². The number of carbonyl (C=O) groups is 1. The van der Waals surface area contributed by atoms with Gasteiger partial charge in [-0.2, -0.15) is 0 Å². The molecule has 1 N–H and O–H groups in total. The Hall–Kier alpha value is -2.09. The number of amides is 1. The molecule has 2 aromatic rings. The number of hydrogen-bond acceptors (Lipinski definition) is 1. The third kappa shape index (κ3) is 3.24. The highest BCUT2D eigenvalue weighted by Gasteiger charge is 2.43. The number of carbonyl (C=O) groups excluding carboxylic acids is 1. The fourth-order valence-corrected chi connectivity index (χ4v) is 3.90. The molecule has 24 heavy (non-hydrogen) atoms. The van der Waals surface area contributed by atoms with Crippen LogP contribution in [0.15, 0.2) is 54.6 Å². The summed E-state index contributed by atoms with van der Waals surface area (Å²) in [5.74, 6) is 0.193. The van der Waals surface area contributed by atoms with E-state index in [1.165, 1.54) is 16.7 Å². The monoisotopic (exact) mass is 321 g/mol. The molecule has 1 amide bonds. The predicted molar refractivity (Wildman–Crippen MR) is 98.9 cm³/mol. The zero-order valence-electron chi connectivity index (χ0n) is 14.7. The van der Waals surface area contributed by atoms with Crippen LogP contribution in [-0.2, 0) is 10.2 Å². The first-order valence-corrected chi connectivity index (χ1v) is 9.09. The van der Waals surface area contributed by atoms with Gasteiger partial charge in [0.2, 0.25) is 5.91 Å². The van der Waals surface area contributed by atoms with Crippen molar-refractivity contribution < 1.29 is 4.79 Å². The summed E-state index contributed by atoms with van der Waals surface area (Å²) in [6.45, 7) is 4.22. The van der Waals surface area contributed by atoms with Crippen molar-refractivity contribution in [2.45, 2.75) is 57.4 Å². The molecule has 1 fully saturated rings. The Morgan fingerprint density at radius 2 is 1.67 bits per heavy atom. The molecule has 0 saturated heterocycles. The van der Waals surface area contributed by atoms with Crippen LogP contribution in [-0.4, -0.2) is 5.91 Å². The normalized spacial score (nSPS) is 17.4. The first-order valence-electron chi connectivity index (χ1n) is 9.09. The molecular weight excluding hydrogens is 294 g/mol. The Morgan fingerprint density at radius 1 is 1.04 bits per heavy atom. The Kier molecular flexibility index (Phi) is 5.03. The highest BCUT2D eigenvalue weighted by Crippen LogP contribution is 2.41. The van der Waals surface area contributed by atoms with Gasteiger partial charge in [-0.3, -0.25) is 4.79 Å². The molecule has 1 aliphatic carbocycles. The Labute approximate surface area is 145 Å². The molecule has 3 rings (SSSR count).